The Balaban J connectivity index is 2.29. The summed E-state index contributed by atoms with van der Waals surface area (Å²) in [5, 5.41) is 5.81. The maximum Gasteiger partial charge on any atom is 0.274 e. The number of nitrogens with one attached hydrogen (secondary N) is 2. The molecule has 0 unspecified atom stereocenters. The first-order valence-electron chi connectivity index (χ1n) is 7.18. The first-order valence-corrected chi connectivity index (χ1v) is 7.18. The molecule has 0 fully saturated rings. The summed E-state index contributed by atoms with van der Waals surface area (Å²) in [4.78, 5) is 16.6. The zero-order chi connectivity index (χ0) is 17.0. The topological polar surface area (TPSA) is 63.2 Å². The number of anilines is 2. The predicted octanol–water partition coefficient (Wildman–Crippen LogP) is 3.50. The van der Waals surface area contributed by atoms with E-state index in [1.807, 2.05) is 20.8 Å². The first-order chi connectivity index (χ1) is 10.8. The van der Waals surface area contributed by atoms with Crippen molar-refractivity contribution in [1.29, 1.82) is 0 Å². The first kappa shape index (κ1) is 16.7. The third-order valence-corrected chi connectivity index (χ3v) is 2.88. The standard InChI is InChI=1S/C17H20FN3O2/c1-17(2,3)21-16(22)15-13(23-4)8-9-14(20-15)19-12-7-5-6-11(18)10-12/h5-10H,1-4H3,(H,19,20)(H,21,22). The Morgan fingerprint density at radius 1 is 1.22 bits per heavy atom. The van der Waals surface area contributed by atoms with Crippen LogP contribution in [0.25, 0.3) is 0 Å². The van der Waals surface area contributed by atoms with Gasteiger partial charge in [0.2, 0.25) is 0 Å². The summed E-state index contributed by atoms with van der Waals surface area (Å²) in [6, 6.07) is 9.32. The van der Waals surface area contributed by atoms with Gasteiger partial charge in [-0.1, -0.05) is 6.07 Å². The second-order valence-corrected chi connectivity index (χ2v) is 6.09. The molecule has 5 nitrogen and oxygen atoms in total. The van der Waals surface area contributed by atoms with Gasteiger partial charge in [-0.15, -0.1) is 0 Å². The SMILES string of the molecule is COc1ccc(Nc2cccc(F)c2)nc1C(=O)NC(C)(C)C. The summed E-state index contributed by atoms with van der Waals surface area (Å²) in [6.07, 6.45) is 0. The van der Waals surface area contributed by atoms with Crippen LogP contribution in [0.1, 0.15) is 31.3 Å². The Hall–Kier alpha value is -2.63. The highest BCUT2D eigenvalue weighted by atomic mass is 19.1. The van der Waals surface area contributed by atoms with Crippen LogP contribution in [0.5, 0.6) is 5.75 Å². The van der Waals surface area contributed by atoms with Crippen molar-refractivity contribution in [2.45, 2.75) is 26.3 Å². The van der Waals surface area contributed by atoms with Gasteiger partial charge >= 0.3 is 0 Å². The number of ether oxygens (including phenoxy) is 1. The number of amides is 1. The number of rotatable bonds is 4. The molecule has 2 rings (SSSR count). The molecule has 1 aromatic carbocycles. The lowest BCUT2D eigenvalue weighted by atomic mass is 10.1. The molecule has 0 saturated heterocycles. The third-order valence-electron chi connectivity index (χ3n) is 2.88. The fourth-order valence-electron chi connectivity index (χ4n) is 1.96. The van der Waals surface area contributed by atoms with Gasteiger partial charge < -0.3 is 15.4 Å². The number of nitrogens with zero attached hydrogens (tertiary/aromatic N) is 1. The van der Waals surface area contributed by atoms with E-state index in [9.17, 15) is 9.18 Å². The molecule has 122 valence electrons. The van der Waals surface area contributed by atoms with Crippen LogP contribution in [-0.2, 0) is 0 Å². The highest BCUT2D eigenvalue weighted by Crippen LogP contribution is 2.22. The second kappa shape index (κ2) is 6.64. The Labute approximate surface area is 134 Å². The molecule has 0 radical (unpaired) electrons. The largest absolute Gasteiger partial charge is 0.494 e. The summed E-state index contributed by atoms with van der Waals surface area (Å²) in [6.45, 7) is 5.64. The number of methoxy groups -OCH3 is 1. The van der Waals surface area contributed by atoms with Crippen LogP contribution in [-0.4, -0.2) is 23.5 Å². The van der Waals surface area contributed by atoms with Crippen molar-refractivity contribution < 1.29 is 13.9 Å². The molecule has 0 aliphatic heterocycles. The van der Waals surface area contributed by atoms with Crippen LogP contribution in [0.3, 0.4) is 0 Å². The number of benzene rings is 1. The van der Waals surface area contributed by atoms with E-state index < -0.39 is 5.54 Å². The smallest absolute Gasteiger partial charge is 0.274 e. The van der Waals surface area contributed by atoms with E-state index in [1.165, 1.54) is 19.2 Å². The lowest BCUT2D eigenvalue weighted by molar-refractivity contribution is 0.0911. The second-order valence-electron chi connectivity index (χ2n) is 6.09. The number of pyridine rings is 1. The van der Waals surface area contributed by atoms with Gasteiger partial charge in [0, 0.05) is 11.2 Å². The van der Waals surface area contributed by atoms with Gasteiger partial charge in [-0.3, -0.25) is 4.79 Å². The van der Waals surface area contributed by atoms with Crippen molar-refractivity contribution in [1.82, 2.24) is 10.3 Å². The predicted molar refractivity (Wildman–Crippen MR) is 87.7 cm³/mol. The molecule has 0 aliphatic carbocycles. The fourth-order valence-corrected chi connectivity index (χ4v) is 1.96. The van der Waals surface area contributed by atoms with Crippen LogP contribution in [0, 0.1) is 5.82 Å². The number of carbonyl (C=O) groups excluding carboxylic acids is 1. The molecule has 1 heterocycles. The molecule has 0 spiro atoms. The van der Waals surface area contributed by atoms with Crippen LogP contribution in [0.15, 0.2) is 36.4 Å². The van der Waals surface area contributed by atoms with Gasteiger partial charge in [0.25, 0.3) is 5.91 Å². The van der Waals surface area contributed by atoms with E-state index in [2.05, 4.69) is 15.6 Å². The molecule has 1 aromatic heterocycles. The molecule has 0 atom stereocenters. The zero-order valence-corrected chi connectivity index (χ0v) is 13.6. The number of hydrogen-bond donors (Lipinski definition) is 2. The number of carbonyl (C=O) groups is 1. The minimum atomic E-state index is -0.393. The summed E-state index contributed by atoms with van der Waals surface area (Å²) in [5.74, 6) is 0.110. The van der Waals surface area contributed by atoms with Crippen molar-refractivity contribution in [2.24, 2.45) is 0 Å². The fraction of sp³-hybridized carbons (Fsp3) is 0.294. The minimum absolute atomic E-state index is 0.170. The van der Waals surface area contributed by atoms with Crippen LogP contribution in [0.4, 0.5) is 15.9 Å². The quantitative estimate of drug-likeness (QED) is 0.906. The lowest BCUT2D eigenvalue weighted by Crippen LogP contribution is -2.41. The van der Waals surface area contributed by atoms with E-state index in [4.69, 9.17) is 4.74 Å². The molecule has 1 amide bonds. The average Bonchev–Trinajstić information content (AvgIpc) is 2.45. The Morgan fingerprint density at radius 3 is 2.57 bits per heavy atom. The minimum Gasteiger partial charge on any atom is -0.494 e. The van der Waals surface area contributed by atoms with E-state index in [0.29, 0.717) is 17.3 Å². The molecular weight excluding hydrogens is 297 g/mol. The monoisotopic (exact) mass is 317 g/mol. The van der Waals surface area contributed by atoms with E-state index in [1.54, 1.807) is 24.3 Å². The van der Waals surface area contributed by atoms with Crippen LogP contribution < -0.4 is 15.4 Å². The van der Waals surface area contributed by atoms with Crippen molar-refractivity contribution in [3.05, 3.63) is 47.9 Å². The zero-order valence-electron chi connectivity index (χ0n) is 13.6. The Bertz CT molecular complexity index is 711. The van der Waals surface area contributed by atoms with E-state index in [-0.39, 0.29) is 17.4 Å². The van der Waals surface area contributed by atoms with Gasteiger partial charge in [0.05, 0.1) is 7.11 Å². The Kier molecular flexibility index (Phi) is 4.83. The molecule has 23 heavy (non-hydrogen) atoms. The van der Waals surface area contributed by atoms with Crippen LogP contribution >= 0.6 is 0 Å². The molecule has 2 N–H and O–H groups in total. The summed E-state index contributed by atoms with van der Waals surface area (Å²) in [7, 11) is 1.48. The van der Waals surface area contributed by atoms with E-state index >= 15 is 0 Å². The van der Waals surface area contributed by atoms with Crippen molar-refractivity contribution in [3.8, 4) is 5.75 Å². The normalized spacial score (nSPS) is 11.0. The maximum atomic E-state index is 13.2. The third kappa shape index (κ3) is 4.67. The molecule has 0 aliphatic rings. The highest BCUT2D eigenvalue weighted by Gasteiger charge is 2.20. The van der Waals surface area contributed by atoms with Gasteiger partial charge in [-0.25, -0.2) is 9.37 Å². The van der Waals surface area contributed by atoms with Gasteiger partial charge in [-0.05, 0) is 51.1 Å². The van der Waals surface area contributed by atoms with Crippen molar-refractivity contribution >= 4 is 17.4 Å². The molecule has 0 saturated carbocycles. The van der Waals surface area contributed by atoms with Crippen molar-refractivity contribution in [2.75, 3.05) is 12.4 Å². The molecule has 6 heteroatoms. The molecule has 2 aromatic rings. The number of halogens is 1. The highest BCUT2D eigenvalue weighted by molar-refractivity contribution is 5.95. The van der Waals surface area contributed by atoms with Gasteiger partial charge in [0.1, 0.15) is 17.4 Å². The molecular formula is C17H20FN3O2. The van der Waals surface area contributed by atoms with Gasteiger partial charge in [0.15, 0.2) is 5.69 Å². The maximum absolute atomic E-state index is 13.2. The lowest BCUT2D eigenvalue weighted by Gasteiger charge is -2.21. The summed E-state index contributed by atoms with van der Waals surface area (Å²) >= 11 is 0. The Morgan fingerprint density at radius 2 is 1.96 bits per heavy atom. The summed E-state index contributed by atoms with van der Waals surface area (Å²) < 4.78 is 18.4. The van der Waals surface area contributed by atoms with Crippen molar-refractivity contribution in [3.63, 3.8) is 0 Å². The number of hydrogen-bond acceptors (Lipinski definition) is 4. The number of aromatic nitrogens is 1. The van der Waals surface area contributed by atoms with Gasteiger partial charge in [-0.2, -0.15) is 0 Å². The molecule has 0 bridgehead atoms. The van der Waals surface area contributed by atoms with Crippen LogP contribution in [0.2, 0.25) is 0 Å². The summed E-state index contributed by atoms with van der Waals surface area (Å²) in [5.41, 5.74) is 0.323. The average molecular weight is 317 g/mol. The van der Waals surface area contributed by atoms with E-state index in [0.717, 1.165) is 0 Å².